The van der Waals surface area contributed by atoms with E-state index in [2.05, 4.69) is 4.74 Å². The largest absolute Gasteiger partial charge is 0.462 e. The Morgan fingerprint density at radius 3 is 1.77 bits per heavy atom. The third kappa shape index (κ3) is 3.53. The molecule has 4 nitrogen and oxygen atoms in total. The average Bonchev–Trinajstić information content (AvgIpc) is 2.55. The van der Waals surface area contributed by atoms with Gasteiger partial charge >= 0.3 is 11.9 Å². The van der Waals surface area contributed by atoms with Crippen LogP contribution in [-0.4, -0.2) is 18.5 Å². The van der Waals surface area contributed by atoms with E-state index in [0.717, 1.165) is 11.1 Å². The molecule has 0 amide bonds. The first kappa shape index (κ1) is 15.3. The van der Waals surface area contributed by atoms with Crippen LogP contribution in [0, 0.1) is 12.5 Å². The number of hydrogen-bond donors (Lipinski definition) is 0. The molecule has 110 valence electrons. The van der Waals surface area contributed by atoms with Gasteiger partial charge in [-0.3, -0.25) is 0 Å². The zero-order chi connectivity index (χ0) is 15.9. The highest BCUT2D eigenvalue weighted by Gasteiger charge is 2.08. The van der Waals surface area contributed by atoms with Crippen molar-refractivity contribution >= 4 is 11.9 Å². The number of carbonyl (C=O) groups is 2. The number of rotatable bonds is 4. The minimum atomic E-state index is -0.563. The van der Waals surface area contributed by atoms with Crippen LogP contribution in [0.3, 0.4) is 0 Å². The Hall–Kier alpha value is -3.06. The summed E-state index contributed by atoms with van der Waals surface area (Å²) in [6, 6.07) is 13.9. The molecule has 0 radical (unpaired) electrons. The fraction of sp³-hybridized carbons (Fsp3) is 0.111. The Bertz CT molecular complexity index is 706. The first-order valence-electron chi connectivity index (χ1n) is 6.70. The van der Waals surface area contributed by atoms with E-state index in [-0.39, 0.29) is 5.97 Å². The maximum absolute atomic E-state index is 11.6. The van der Waals surface area contributed by atoms with Crippen molar-refractivity contribution < 1.29 is 19.1 Å². The van der Waals surface area contributed by atoms with Gasteiger partial charge < -0.3 is 9.47 Å². The number of carbonyl (C=O) groups excluding carboxylic acids is 2. The van der Waals surface area contributed by atoms with E-state index >= 15 is 0 Å². The van der Waals surface area contributed by atoms with Gasteiger partial charge in [-0.05, 0) is 42.3 Å². The summed E-state index contributed by atoms with van der Waals surface area (Å²) in [6.07, 6.45) is 6.76. The van der Waals surface area contributed by atoms with Crippen LogP contribution >= 0.6 is 0 Å². The molecule has 0 aliphatic heterocycles. The molecule has 4 heteroatoms. The number of ether oxygens (including phenoxy) is 2. The van der Waals surface area contributed by atoms with Crippen LogP contribution < -0.4 is 0 Å². The Labute approximate surface area is 128 Å². The zero-order valence-corrected chi connectivity index (χ0v) is 12.0. The maximum atomic E-state index is 11.6. The van der Waals surface area contributed by atoms with Crippen molar-refractivity contribution in [2.75, 3.05) is 6.61 Å². The van der Waals surface area contributed by atoms with Crippen LogP contribution in [-0.2, 0) is 9.47 Å². The van der Waals surface area contributed by atoms with Gasteiger partial charge in [0.2, 0.25) is 0 Å². The monoisotopic (exact) mass is 294 g/mol. The summed E-state index contributed by atoms with van der Waals surface area (Å²) < 4.78 is 9.41. The number of terminal acetylenes is 1. The third-order valence-electron chi connectivity index (χ3n) is 3.00. The maximum Gasteiger partial charge on any atom is 0.352 e. The molecular formula is C18H14O4. The molecule has 2 aromatic rings. The van der Waals surface area contributed by atoms with E-state index in [1.165, 1.54) is 0 Å². The van der Waals surface area contributed by atoms with Crippen molar-refractivity contribution in [3.05, 3.63) is 59.7 Å². The second kappa shape index (κ2) is 7.09. The fourth-order valence-corrected chi connectivity index (χ4v) is 1.92. The Morgan fingerprint density at radius 2 is 1.36 bits per heavy atom. The van der Waals surface area contributed by atoms with Gasteiger partial charge in [0.15, 0.2) is 0 Å². The van der Waals surface area contributed by atoms with E-state index in [1.807, 2.05) is 18.2 Å². The SMILES string of the molecule is C#COC(=O)c1ccc(-c2ccc(C(=O)OCC)cc2)cc1. The normalized spacial score (nSPS) is 9.64. The predicted octanol–water partition coefficient (Wildman–Crippen LogP) is 3.28. The summed E-state index contributed by atoms with van der Waals surface area (Å²) in [5.74, 6) is -0.909. The lowest BCUT2D eigenvalue weighted by molar-refractivity contribution is 0.0526. The van der Waals surface area contributed by atoms with Crippen LogP contribution in [0.25, 0.3) is 11.1 Å². The highest BCUT2D eigenvalue weighted by Crippen LogP contribution is 2.21. The lowest BCUT2D eigenvalue weighted by Gasteiger charge is -2.05. The number of esters is 2. The standard InChI is InChI=1S/C18H14O4/c1-3-21-17(19)15-9-5-13(6-10-15)14-7-11-16(12-8-14)18(20)22-4-2/h1,5-12H,4H2,2H3. The summed E-state index contributed by atoms with van der Waals surface area (Å²) in [7, 11) is 0. The van der Waals surface area contributed by atoms with Gasteiger partial charge in [0.25, 0.3) is 0 Å². The molecular weight excluding hydrogens is 280 g/mol. The molecule has 0 saturated heterocycles. The molecule has 2 aromatic carbocycles. The van der Waals surface area contributed by atoms with Crippen molar-refractivity contribution in [1.82, 2.24) is 0 Å². The van der Waals surface area contributed by atoms with Crippen LogP contribution in [0.1, 0.15) is 27.6 Å². The molecule has 0 atom stereocenters. The summed E-state index contributed by atoms with van der Waals surface area (Å²) in [4.78, 5) is 23.0. The molecule has 0 N–H and O–H groups in total. The summed E-state index contributed by atoms with van der Waals surface area (Å²) in [5.41, 5.74) is 2.71. The molecule has 0 aliphatic rings. The van der Waals surface area contributed by atoms with Crippen molar-refractivity contribution in [2.24, 2.45) is 0 Å². The van der Waals surface area contributed by atoms with Crippen molar-refractivity contribution in [3.63, 3.8) is 0 Å². The van der Waals surface area contributed by atoms with Gasteiger partial charge in [-0.2, -0.15) is 0 Å². The lowest BCUT2D eigenvalue weighted by Crippen LogP contribution is -2.04. The van der Waals surface area contributed by atoms with E-state index in [1.54, 1.807) is 43.3 Å². The molecule has 0 saturated carbocycles. The zero-order valence-electron chi connectivity index (χ0n) is 12.0. The summed E-state index contributed by atoms with van der Waals surface area (Å²) in [5, 5.41) is 0. The van der Waals surface area contributed by atoms with Crippen LogP contribution in [0.4, 0.5) is 0 Å². The Balaban J connectivity index is 2.17. The molecule has 0 bridgehead atoms. The minimum Gasteiger partial charge on any atom is -0.462 e. The third-order valence-corrected chi connectivity index (χ3v) is 3.00. The average molecular weight is 294 g/mol. The van der Waals surface area contributed by atoms with Crippen LogP contribution in [0.15, 0.2) is 48.5 Å². The fourth-order valence-electron chi connectivity index (χ4n) is 1.92. The van der Waals surface area contributed by atoms with Gasteiger partial charge in [-0.1, -0.05) is 30.7 Å². The van der Waals surface area contributed by atoms with Crippen LogP contribution in [0.5, 0.6) is 0 Å². The molecule has 0 spiro atoms. The van der Waals surface area contributed by atoms with E-state index < -0.39 is 5.97 Å². The van der Waals surface area contributed by atoms with Gasteiger partial charge in [-0.15, -0.1) is 0 Å². The smallest absolute Gasteiger partial charge is 0.352 e. The summed E-state index contributed by atoms with van der Waals surface area (Å²) >= 11 is 0. The van der Waals surface area contributed by atoms with E-state index in [0.29, 0.717) is 17.7 Å². The van der Waals surface area contributed by atoms with Crippen molar-refractivity contribution in [2.45, 2.75) is 6.92 Å². The number of benzene rings is 2. The van der Waals surface area contributed by atoms with Crippen LogP contribution in [0.2, 0.25) is 0 Å². The predicted molar refractivity (Wildman–Crippen MR) is 82.1 cm³/mol. The topological polar surface area (TPSA) is 52.6 Å². The molecule has 0 fully saturated rings. The quantitative estimate of drug-likeness (QED) is 0.641. The second-order valence-corrected chi connectivity index (χ2v) is 4.38. The molecule has 0 unspecified atom stereocenters. The van der Waals surface area contributed by atoms with Gasteiger partial charge in [0.1, 0.15) is 6.11 Å². The van der Waals surface area contributed by atoms with Gasteiger partial charge in [0, 0.05) is 0 Å². The Morgan fingerprint density at radius 1 is 0.909 bits per heavy atom. The highest BCUT2D eigenvalue weighted by atomic mass is 16.5. The Kier molecular flexibility index (Phi) is 4.94. The van der Waals surface area contributed by atoms with Crippen molar-refractivity contribution in [1.29, 1.82) is 0 Å². The van der Waals surface area contributed by atoms with Gasteiger partial charge in [-0.25, -0.2) is 9.59 Å². The van der Waals surface area contributed by atoms with Crippen molar-refractivity contribution in [3.8, 4) is 23.7 Å². The molecule has 0 aromatic heterocycles. The van der Waals surface area contributed by atoms with E-state index in [4.69, 9.17) is 11.2 Å². The van der Waals surface area contributed by atoms with Gasteiger partial charge in [0.05, 0.1) is 17.7 Å². The lowest BCUT2D eigenvalue weighted by atomic mass is 10.0. The molecule has 0 aliphatic carbocycles. The molecule has 0 heterocycles. The summed E-state index contributed by atoms with van der Waals surface area (Å²) in [6.45, 7) is 2.11. The molecule has 22 heavy (non-hydrogen) atoms. The first-order chi connectivity index (χ1) is 10.7. The minimum absolute atomic E-state index is 0.343. The molecule has 2 rings (SSSR count). The first-order valence-corrected chi connectivity index (χ1v) is 6.70. The number of hydrogen-bond acceptors (Lipinski definition) is 4. The van der Waals surface area contributed by atoms with E-state index in [9.17, 15) is 9.59 Å². The second-order valence-electron chi connectivity index (χ2n) is 4.38. The highest BCUT2D eigenvalue weighted by molar-refractivity contribution is 5.91.